The summed E-state index contributed by atoms with van der Waals surface area (Å²) < 4.78 is 45.6. The van der Waals surface area contributed by atoms with Crippen LogP contribution >= 0.6 is 24.0 Å². The van der Waals surface area contributed by atoms with Crippen LogP contribution in [0, 0.1) is 5.92 Å². The number of hydrogen-bond donors (Lipinski definition) is 2. The van der Waals surface area contributed by atoms with E-state index in [2.05, 4.69) is 15.0 Å². The molecule has 0 radical (unpaired) electrons. The van der Waals surface area contributed by atoms with Crippen LogP contribution < -0.4 is 15.8 Å². The Balaban J connectivity index is 0.00000264. The van der Waals surface area contributed by atoms with Gasteiger partial charge in [-0.2, -0.15) is 0 Å². The summed E-state index contributed by atoms with van der Waals surface area (Å²) in [6.07, 6.45) is -2.85. The zero-order valence-corrected chi connectivity index (χ0v) is 14.6. The summed E-state index contributed by atoms with van der Waals surface area (Å²) in [5, 5.41) is 2.76. The molecule has 0 atom stereocenters. The molecule has 5 nitrogen and oxygen atoms in total. The summed E-state index contributed by atoms with van der Waals surface area (Å²) in [5.41, 5.74) is 6.13. The lowest BCUT2D eigenvalue weighted by molar-refractivity contribution is -0.274. The number of halogens is 4. The molecule has 0 aromatic heterocycles. The van der Waals surface area contributed by atoms with Gasteiger partial charge in [-0.15, -0.1) is 37.1 Å². The Kier molecular flexibility index (Phi) is 7.89. The number of alkyl halides is 3. The van der Waals surface area contributed by atoms with Crippen LogP contribution in [-0.2, 0) is 4.74 Å². The Bertz CT molecular complexity index is 520. The Labute approximate surface area is 149 Å². The molecule has 1 saturated heterocycles. The van der Waals surface area contributed by atoms with Gasteiger partial charge in [0.05, 0.1) is 0 Å². The normalized spacial score (nSPS) is 16.6. The number of hydrogen-bond acceptors (Lipinski definition) is 3. The predicted molar refractivity (Wildman–Crippen MR) is 92.2 cm³/mol. The lowest BCUT2D eigenvalue weighted by Crippen LogP contribution is -2.25. The SMILES string of the molecule is I.NC(=NCC1CCOCC1)Nc1cccc(OC(F)(F)F)c1. The lowest BCUT2D eigenvalue weighted by atomic mass is 10.0. The Morgan fingerprint density at radius 1 is 1.35 bits per heavy atom. The van der Waals surface area contributed by atoms with Crippen LogP contribution in [-0.4, -0.2) is 32.1 Å². The molecule has 0 saturated carbocycles. The molecule has 1 fully saturated rings. The van der Waals surface area contributed by atoms with E-state index >= 15 is 0 Å². The first-order valence-corrected chi connectivity index (χ1v) is 6.93. The molecule has 0 bridgehead atoms. The number of rotatable bonds is 4. The van der Waals surface area contributed by atoms with Crippen LogP contribution in [0.4, 0.5) is 18.9 Å². The van der Waals surface area contributed by atoms with Crippen LogP contribution in [0.1, 0.15) is 12.8 Å². The van der Waals surface area contributed by atoms with E-state index < -0.39 is 6.36 Å². The molecule has 0 amide bonds. The fourth-order valence-electron chi connectivity index (χ4n) is 2.11. The summed E-state index contributed by atoms with van der Waals surface area (Å²) in [6, 6.07) is 5.45. The van der Waals surface area contributed by atoms with Crippen LogP contribution in [0.2, 0.25) is 0 Å². The van der Waals surface area contributed by atoms with Gasteiger partial charge in [-0.25, -0.2) is 0 Å². The molecule has 0 aliphatic carbocycles. The second-order valence-electron chi connectivity index (χ2n) is 4.98. The summed E-state index contributed by atoms with van der Waals surface area (Å²) >= 11 is 0. The van der Waals surface area contributed by atoms with Gasteiger partial charge in [0.2, 0.25) is 0 Å². The molecule has 3 N–H and O–H groups in total. The highest BCUT2D eigenvalue weighted by atomic mass is 127. The number of nitrogens with one attached hydrogen (secondary N) is 1. The molecule has 0 unspecified atom stereocenters. The van der Waals surface area contributed by atoms with E-state index in [4.69, 9.17) is 10.5 Å². The molecule has 23 heavy (non-hydrogen) atoms. The number of anilines is 1. The van der Waals surface area contributed by atoms with Gasteiger partial charge in [-0.1, -0.05) is 6.07 Å². The van der Waals surface area contributed by atoms with Crippen LogP contribution in [0.25, 0.3) is 0 Å². The average Bonchev–Trinajstić information content (AvgIpc) is 2.45. The first-order valence-electron chi connectivity index (χ1n) is 6.93. The minimum Gasteiger partial charge on any atom is -0.406 e. The number of aliphatic imine (C=N–C) groups is 1. The molecule has 1 heterocycles. The van der Waals surface area contributed by atoms with E-state index in [-0.39, 0.29) is 35.7 Å². The second-order valence-corrected chi connectivity index (χ2v) is 4.98. The molecule has 0 spiro atoms. The molecule has 2 rings (SSSR count). The number of ether oxygens (including phenoxy) is 2. The molecular formula is C14H19F3IN3O2. The maximum absolute atomic E-state index is 12.2. The lowest BCUT2D eigenvalue weighted by Gasteiger charge is -2.20. The minimum absolute atomic E-state index is 0. The van der Waals surface area contributed by atoms with E-state index in [1.54, 1.807) is 6.07 Å². The van der Waals surface area contributed by atoms with E-state index in [9.17, 15) is 13.2 Å². The van der Waals surface area contributed by atoms with Crippen molar-refractivity contribution in [2.45, 2.75) is 19.2 Å². The Hall–Kier alpha value is -1.23. The van der Waals surface area contributed by atoms with Gasteiger partial charge < -0.3 is 20.5 Å². The smallest absolute Gasteiger partial charge is 0.406 e. The second kappa shape index (κ2) is 9.16. The van der Waals surface area contributed by atoms with E-state index in [1.165, 1.54) is 18.2 Å². The average molecular weight is 445 g/mol. The molecule has 1 aliphatic heterocycles. The van der Waals surface area contributed by atoms with Gasteiger partial charge in [-0.3, -0.25) is 4.99 Å². The van der Waals surface area contributed by atoms with Crippen molar-refractivity contribution in [2.24, 2.45) is 16.6 Å². The maximum Gasteiger partial charge on any atom is 0.573 e. The van der Waals surface area contributed by atoms with Gasteiger partial charge in [0.15, 0.2) is 5.96 Å². The molecule has 1 aliphatic rings. The summed E-state index contributed by atoms with van der Waals surface area (Å²) in [4.78, 5) is 4.21. The van der Waals surface area contributed by atoms with E-state index in [1.807, 2.05) is 0 Å². The molecule has 1 aromatic rings. The molecular weight excluding hydrogens is 426 g/mol. The van der Waals surface area contributed by atoms with Crippen molar-refractivity contribution in [2.75, 3.05) is 25.1 Å². The maximum atomic E-state index is 12.2. The fourth-order valence-corrected chi connectivity index (χ4v) is 2.11. The van der Waals surface area contributed by atoms with Gasteiger partial charge in [0.25, 0.3) is 0 Å². The van der Waals surface area contributed by atoms with Gasteiger partial charge in [-0.05, 0) is 30.9 Å². The summed E-state index contributed by atoms with van der Waals surface area (Å²) in [5.74, 6) is 0.277. The van der Waals surface area contributed by atoms with Gasteiger partial charge in [0, 0.05) is 31.5 Å². The zero-order chi connectivity index (χ0) is 16.0. The largest absolute Gasteiger partial charge is 0.573 e. The van der Waals surface area contributed by atoms with Crippen molar-refractivity contribution in [3.63, 3.8) is 0 Å². The quantitative estimate of drug-likeness (QED) is 0.424. The number of guanidine groups is 1. The van der Waals surface area contributed by atoms with Crippen molar-refractivity contribution in [1.29, 1.82) is 0 Å². The monoisotopic (exact) mass is 445 g/mol. The van der Waals surface area contributed by atoms with Crippen molar-refractivity contribution >= 4 is 35.6 Å². The van der Waals surface area contributed by atoms with E-state index in [0.29, 0.717) is 18.2 Å². The van der Waals surface area contributed by atoms with Crippen LogP contribution in [0.15, 0.2) is 29.3 Å². The first kappa shape index (κ1) is 19.8. The minimum atomic E-state index is -4.72. The van der Waals surface area contributed by atoms with Crippen molar-refractivity contribution in [3.05, 3.63) is 24.3 Å². The third kappa shape index (κ3) is 7.73. The van der Waals surface area contributed by atoms with Crippen molar-refractivity contribution in [3.8, 4) is 5.75 Å². The van der Waals surface area contributed by atoms with Crippen LogP contribution in [0.5, 0.6) is 5.75 Å². The third-order valence-electron chi connectivity index (χ3n) is 3.20. The van der Waals surface area contributed by atoms with Crippen molar-refractivity contribution < 1.29 is 22.6 Å². The van der Waals surface area contributed by atoms with Gasteiger partial charge in [0.1, 0.15) is 5.75 Å². The fraction of sp³-hybridized carbons (Fsp3) is 0.500. The highest BCUT2D eigenvalue weighted by Gasteiger charge is 2.31. The highest BCUT2D eigenvalue weighted by Crippen LogP contribution is 2.25. The third-order valence-corrected chi connectivity index (χ3v) is 3.20. The molecule has 9 heteroatoms. The predicted octanol–water partition coefficient (Wildman–Crippen LogP) is 3.36. The number of benzene rings is 1. The Morgan fingerprint density at radius 3 is 2.70 bits per heavy atom. The number of nitrogens with zero attached hydrogens (tertiary/aromatic N) is 1. The summed E-state index contributed by atoms with van der Waals surface area (Å²) in [7, 11) is 0. The Morgan fingerprint density at radius 2 is 2.04 bits per heavy atom. The molecule has 130 valence electrons. The number of nitrogens with two attached hydrogens (primary N) is 1. The standard InChI is InChI=1S/C14H18F3N3O2.HI/c15-14(16,17)22-12-3-1-2-11(8-12)20-13(18)19-9-10-4-6-21-7-5-10;/h1-3,8,10H,4-7,9H2,(H3,18,19,20);1H. The van der Waals surface area contributed by atoms with Gasteiger partial charge >= 0.3 is 6.36 Å². The first-order chi connectivity index (χ1) is 10.4. The van der Waals surface area contributed by atoms with E-state index in [0.717, 1.165) is 26.1 Å². The molecule has 1 aromatic carbocycles. The van der Waals surface area contributed by atoms with Crippen molar-refractivity contribution in [1.82, 2.24) is 0 Å². The summed E-state index contributed by atoms with van der Waals surface area (Å²) in [6.45, 7) is 2.02. The highest BCUT2D eigenvalue weighted by molar-refractivity contribution is 14.0. The van der Waals surface area contributed by atoms with Crippen LogP contribution in [0.3, 0.4) is 0 Å². The zero-order valence-electron chi connectivity index (χ0n) is 12.3. The topological polar surface area (TPSA) is 68.9 Å².